The molecule has 7 heavy (non-hydrogen) atoms. The Morgan fingerprint density at radius 3 is 3.00 bits per heavy atom. The van der Waals surface area contributed by atoms with Crippen LogP contribution in [0.2, 0.25) is 6.32 Å². The summed E-state index contributed by atoms with van der Waals surface area (Å²) in [6.07, 6.45) is 3.51. The highest BCUT2D eigenvalue weighted by Crippen LogP contribution is 2.32. The standard InChI is InChI=1S/C3H7BS3/c1-5-7-4-2-3-6-7/h2-3H2,1H3/q+1. The molecule has 1 heterocycles. The molecule has 0 spiro atoms. The number of hydrogen-bond donors (Lipinski definition) is 0. The molecule has 0 N–H and O–H groups in total. The fourth-order valence-electron chi connectivity index (χ4n) is 0.439. The Hall–Kier alpha value is 1.11. The van der Waals surface area contributed by atoms with Crippen LogP contribution in [0.3, 0.4) is 0 Å². The lowest BCUT2D eigenvalue weighted by atomic mass is 10.1. The Bertz CT molecular complexity index is 52.1. The van der Waals surface area contributed by atoms with Gasteiger partial charge < -0.3 is 0 Å². The highest BCUT2D eigenvalue weighted by atomic mass is 33.5. The van der Waals surface area contributed by atoms with E-state index in [0.29, 0.717) is 8.81 Å². The van der Waals surface area contributed by atoms with Gasteiger partial charge in [-0.2, -0.15) is 0 Å². The molecule has 0 aliphatic carbocycles. The van der Waals surface area contributed by atoms with E-state index < -0.39 is 0 Å². The summed E-state index contributed by atoms with van der Waals surface area (Å²) in [6.45, 7) is 2.41. The minimum atomic E-state index is 0.574. The number of hydrogen-bond acceptors (Lipinski definition) is 2. The molecule has 1 aliphatic rings. The first kappa shape index (κ1) is 6.24. The zero-order valence-electron chi connectivity index (χ0n) is 4.22. The van der Waals surface area contributed by atoms with Gasteiger partial charge in [-0.3, -0.25) is 0 Å². The molecule has 1 atom stereocenters. The minimum Gasteiger partial charge on any atom is -0.00724 e. The topological polar surface area (TPSA) is 0 Å². The van der Waals surface area contributed by atoms with Crippen LogP contribution in [0.5, 0.6) is 0 Å². The van der Waals surface area contributed by atoms with E-state index in [4.69, 9.17) is 0 Å². The molecule has 0 bridgehead atoms. The lowest BCUT2D eigenvalue weighted by molar-refractivity contribution is 1.52. The van der Waals surface area contributed by atoms with Gasteiger partial charge in [0.05, 0.1) is 30.4 Å². The molecule has 0 aromatic heterocycles. The molecule has 0 aromatic rings. The van der Waals surface area contributed by atoms with E-state index >= 15 is 0 Å². The molecule has 0 aromatic carbocycles. The first-order valence-electron chi connectivity index (χ1n) is 2.17. The Morgan fingerprint density at radius 2 is 2.71 bits per heavy atom. The third kappa shape index (κ3) is 1.82. The summed E-state index contributed by atoms with van der Waals surface area (Å²) in [5, 5.41) is 0. The average molecular weight is 150 g/mol. The van der Waals surface area contributed by atoms with Gasteiger partial charge in [-0.15, -0.1) is 0 Å². The molecule has 1 radical (unpaired) electrons. The largest absolute Gasteiger partial charge is 0.474 e. The van der Waals surface area contributed by atoms with Crippen LogP contribution in [-0.4, -0.2) is 18.6 Å². The van der Waals surface area contributed by atoms with E-state index in [0.717, 1.165) is 0 Å². The van der Waals surface area contributed by atoms with Crippen molar-refractivity contribution in [1.29, 1.82) is 0 Å². The molecule has 1 saturated heterocycles. The second-order valence-corrected chi connectivity index (χ2v) is 7.53. The van der Waals surface area contributed by atoms with Crippen molar-refractivity contribution in [2.75, 3.05) is 12.0 Å². The molecule has 0 nitrogen and oxygen atoms in total. The maximum atomic E-state index is 2.41. The van der Waals surface area contributed by atoms with E-state index in [9.17, 15) is 0 Å². The summed E-state index contributed by atoms with van der Waals surface area (Å²) in [4.78, 5) is 0. The van der Waals surface area contributed by atoms with Crippen LogP contribution in [0.15, 0.2) is 0 Å². The second kappa shape index (κ2) is 3.20. The van der Waals surface area contributed by atoms with Crippen molar-refractivity contribution in [3.63, 3.8) is 0 Å². The summed E-state index contributed by atoms with van der Waals surface area (Å²) in [6, 6.07) is 0. The van der Waals surface area contributed by atoms with Gasteiger partial charge in [-0.25, -0.2) is 0 Å². The zero-order chi connectivity index (χ0) is 5.11. The summed E-state index contributed by atoms with van der Waals surface area (Å²) < 4.78 is 0. The van der Waals surface area contributed by atoms with Gasteiger partial charge >= 0.3 is 6.56 Å². The fraction of sp³-hybridized carbons (Fsp3) is 1.00. The maximum Gasteiger partial charge on any atom is 0.474 e. The molecule has 0 saturated carbocycles. The number of rotatable bonds is 1. The third-order valence-electron chi connectivity index (χ3n) is 0.736. The van der Waals surface area contributed by atoms with Crippen molar-refractivity contribution in [2.45, 2.75) is 6.32 Å². The van der Waals surface area contributed by atoms with E-state index in [2.05, 4.69) is 23.6 Å². The molecule has 1 fully saturated rings. The van der Waals surface area contributed by atoms with Crippen LogP contribution >= 0.6 is 21.6 Å². The molecular formula is C3H7BS3+. The van der Waals surface area contributed by atoms with Crippen molar-refractivity contribution >= 4 is 37.0 Å². The van der Waals surface area contributed by atoms with Gasteiger partial charge in [0.1, 0.15) is 0 Å². The first-order valence-corrected chi connectivity index (χ1v) is 6.71. The monoisotopic (exact) mass is 150 g/mol. The minimum absolute atomic E-state index is 0.574. The Labute approximate surface area is 55.5 Å². The summed E-state index contributed by atoms with van der Waals surface area (Å²) in [7, 11) is 4.62. The highest BCUT2D eigenvalue weighted by molar-refractivity contribution is 9.13. The summed E-state index contributed by atoms with van der Waals surface area (Å²) >= 11 is 0. The molecule has 1 unspecified atom stereocenters. The second-order valence-electron chi connectivity index (χ2n) is 1.20. The average Bonchev–Trinajstić information content (AvgIpc) is 2.14. The summed E-state index contributed by atoms with van der Waals surface area (Å²) in [5.74, 6) is 1.35. The van der Waals surface area contributed by atoms with Crippen molar-refractivity contribution in [3.05, 3.63) is 0 Å². The highest BCUT2D eigenvalue weighted by Gasteiger charge is 2.29. The van der Waals surface area contributed by atoms with Crippen LogP contribution in [-0.2, 0) is 8.81 Å². The SMILES string of the molecule is CS[S+]1[B]CCS1. The lowest BCUT2D eigenvalue weighted by Crippen LogP contribution is -1.89. The van der Waals surface area contributed by atoms with Crippen LogP contribution in [0.25, 0.3) is 0 Å². The molecule has 0 amide bonds. The van der Waals surface area contributed by atoms with Crippen molar-refractivity contribution in [1.82, 2.24) is 0 Å². The predicted molar refractivity (Wildman–Crippen MR) is 43.9 cm³/mol. The van der Waals surface area contributed by atoms with E-state index in [1.165, 1.54) is 12.1 Å². The molecule has 1 rings (SSSR count). The molecular weight excluding hydrogens is 143 g/mol. The third-order valence-corrected chi connectivity index (χ3v) is 7.30. The predicted octanol–water partition coefficient (Wildman–Crippen LogP) is 1.58. The Balaban J connectivity index is 2.14. The lowest BCUT2D eigenvalue weighted by Gasteiger charge is -1.83. The smallest absolute Gasteiger partial charge is 0.00724 e. The van der Waals surface area contributed by atoms with Gasteiger partial charge in [0, 0.05) is 12.0 Å². The van der Waals surface area contributed by atoms with E-state index in [1.807, 2.05) is 10.8 Å². The van der Waals surface area contributed by atoms with Crippen molar-refractivity contribution < 1.29 is 0 Å². The van der Waals surface area contributed by atoms with Gasteiger partial charge in [0.2, 0.25) is 0 Å². The van der Waals surface area contributed by atoms with Crippen LogP contribution in [0, 0.1) is 0 Å². The van der Waals surface area contributed by atoms with Gasteiger partial charge in [0.25, 0.3) is 0 Å². The zero-order valence-corrected chi connectivity index (χ0v) is 6.67. The molecule has 1 aliphatic heterocycles. The van der Waals surface area contributed by atoms with Gasteiger partial charge in [-0.1, -0.05) is 0 Å². The fourth-order valence-corrected chi connectivity index (χ4v) is 5.43. The van der Waals surface area contributed by atoms with E-state index in [-0.39, 0.29) is 0 Å². The van der Waals surface area contributed by atoms with Crippen molar-refractivity contribution in [2.24, 2.45) is 0 Å². The summed E-state index contributed by atoms with van der Waals surface area (Å²) in [5.41, 5.74) is 0. The molecule has 4 heteroatoms. The van der Waals surface area contributed by atoms with Crippen LogP contribution in [0.1, 0.15) is 0 Å². The van der Waals surface area contributed by atoms with E-state index in [1.54, 1.807) is 0 Å². The molecule has 39 valence electrons. The van der Waals surface area contributed by atoms with Gasteiger partial charge in [0.15, 0.2) is 0 Å². The normalized spacial score (nSPS) is 30.1. The van der Waals surface area contributed by atoms with Gasteiger partial charge in [-0.05, 0) is 6.32 Å². The Kier molecular flexibility index (Phi) is 2.85. The quantitative estimate of drug-likeness (QED) is 0.316. The Morgan fingerprint density at radius 1 is 1.86 bits per heavy atom. The first-order chi connectivity index (χ1) is 3.43. The van der Waals surface area contributed by atoms with Crippen LogP contribution in [0.4, 0.5) is 0 Å². The van der Waals surface area contributed by atoms with Crippen molar-refractivity contribution in [3.8, 4) is 0 Å². The maximum absolute atomic E-state index is 2.41. The van der Waals surface area contributed by atoms with Crippen LogP contribution < -0.4 is 0 Å².